The van der Waals surface area contributed by atoms with E-state index in [2.05, 4.69) is 31.3 Å². The van der Waals surface area contributed by atoms with Crippen molar-refractivity contribution in [3.05, 3.63) is 24.3 Å². The second kappa shape index (κ2) is 49.3. The zero-order chi connectivity index (χ0) is 49.4. The van der Waals surface area contributed by atoms with E-state index in [1.807, 2.05) is 6.08 Å². The summed E-state index contributed by atoms with van der Waals surface area (Å²) < 4.78 is 11.2. The summed E-state index contributed by atoms with van der Waals surface area (Å²) in [6.45, 7) is 3.71. The lowest BCUT2D eigenvalue weighted by molar-refractivity contribution is -0.302. The molecule has 7 unspecified atom stereocenters. The Kier molecular flexibility index (Phi) is 46.9. The normalized spacial score (nSPS) is 19.7. The van der Waals surface area contributed by atoms with Crippen molar-refractivity contribution in [1.82, 2.24) is 5.32 Å². The SMILES string of the molecule is CCCCCC/C=C/C(O)C(COC1OC(CO)C(O)C(O)C1O)NC(=O)CCCCCCCCCCCCCCCCCCCCCCCCCCCCC/C=C\CCCCCCCCCC. The summed E-state index contributed by atoms with van der Waals surface area (Å²) in [7, 11) is 0. The van der Waals surface area contributed by atoms with Crippen LogP contribution in [-0.2, 0) is 14.3 Å². The summed E-state index contributed by atoms with van der Waals surface area (Å²) in [6, 6.07) is -0.798. The van der Waals surface area contributed by atoms with Crippen LogP contribution >= 0.6 is 0 Å². The van der Waals surface area contributed by atoms with Gasteiger partial charge in [0.2, 0.25) is 5.91 Å². The Morgan fingerprint density at radius 1 is 0.485 bits per heavy atom. The van der Waals surface area contributed by atoms with Crippen molar-refractivity contribution in [2.75, 3.05) is 13.2 Å². The van der Waals surface area contributed by atoms with Gasteiger partial charge in [0, 0.05) is 6.42 Å². The highest BCUT2D eigenvalue weighted by molar-refractivity contribution is 5.76. The molecule has 7 atom stereocenters. The van der Waals surface area contributed by atoms with Crippen molar-refractivity contribution in [1.29, 1.82) is 0 Å². The van der Waals surface area contributed by atoms with Crippen molar-refractivity contribution < 1.29 is 39.8 Å². The summed E-state index contributed by atoms with van der Waals surface area (Å²) in [4.78, 5) is 12.9. The minimum absolute atomic E-state index is 0.178. The molecule has 1 rings (SSSR count). The van der Waals surface area contributed by atoms with Gasteiger partial charge < -0.3 is 40.3 Å². The van der Waals surface area contributed by atoms with Crippen LogP contribution in [0.3, 0.4) is 0 Å². The molecule has 0 aliphatic carbocycles. The molecule has 0 aromatic heterocycles. The molecule has 9 nitrogen and oxygen atoms in total. The number of allylic oxidation sites excluding steroid dienone is 3. The maximum Gasteiger partial charge on any atom is 0.220 e. The van der Waals surface area contributed by atoms with E-state index in [1.165, 1.54) is 225 Å². The number of ether oxygens (including phenoxy) is 2. The average Bonchev–Trinajstić information content (AvgIpc) is 3.34. The topological polar surface area (TPSA) is 149 Å². The molecule has 0 aromatic rings. The smallest absolute Gasteiger partial charge is 0.220 e. The molecule has 0 saturated carbocycles. The van der Waals surface area contributed by atoms with E-state index >= 15 is 0 Å². The van der Waals surface area contributed by atoms with Gasteiger partial charge in [0.25, 0.3) is 0 Å². The van der Waals surface area contributed by atoms with E-state index in [4.69, 9.17) is 9.47 Å². The fourth-order valence-corrected chi connectivity index (χ4v) is 9.57. The standard InChI is InChI=1S/C59H113NO8/c1-3-5-7-9-11-12-13-14-15-16-17-18-19-20-21-22-23-24-25-26-27-28-29-30-31-32-33-34-35-36-37-38-39-40-41-42-43-45-47-49-55(63)60-52(53(62)48-46-44-10-8-6-4-2)51-67-59-58(66)57(65)56(64)54(50-61)68-59/h16-17,46,48,52-54,56-59,61-62,64-66H,3-15,18-45,47,49-51H2,1-2H3,(H,60,63)/b17-16-,48-46+. The van der Waals surface area contributed by atoms with Crippen molar-refractivity contribution in [3.8, 4) is 0 Å². The number of aliphatic hydroxyl groups excluding tert-OH is 5. The molecule has 1 fully saturated rings. The van der Waals surface area contributed by atoms with Gasteiger partial charge in [-0.15, -0.1) is 0 Å². The van der Waals surface area contributed by atoms with Crippen LogP contribution in [0.2, 0.25) is 0 Å². The first kappa shape index (κ1) is 64.7. The quantitative estimate of drug-likeness (QED) is 0.0261. The number of rotatable bonds is 51. The number of amides is 1. The highest BCUT2D eigenvalue weighted by atomic mass is 16.7. The van der Waals surface area contributed by atoms with E-state index in [-0.39, 0.29) is 12.5 Å². The number of hydrogen-bond donors (Lipinski definition) is 6. The fourth-order valence-electron chi connectivity index (χ4n) is 9.57. The number of aliphatic hydroxyl groups is 5. The molecular weight excluding hydrogens is 851 g/mol. The number of unbranched alkanes of at least 4 members (excludes halogenated alkanes) is 39. The first-order valence-corrected chi connectivity index (χ1v) is 29.6. The Bertz CT molecular complexity index is 1120. The summed E-state index contributed by atoms with van der Waals surface area (Å²) in [5.74, 6) is -0.178. The zero-order valence-corrected chi connectivity index (χ0v) is 44.6. The minimum Gasteiger partial charge on any atom is -0.394 e. The largest absolute Gasteiger partial charge is 0.394 e. The second-order valence-electron chi connectivity index (χ2n) is 20.8. The molecule has 6 N–H and O–H groups in total. The van der Waals surface area contributed by atoms with Crippen LogP contribution in [0.5, 0.6) is 0 Å². The van der Waals surface area contributed by atoms with Crippen LogP contribution in [-0.4, -0.2) is 87.5 Å². The maximum atomic E-state index is 12.9. The van der Waals surface area contributed by atoms with Gasteiger partial charge in [-0.25, -0.2) is 0 Å². The monoisotopic (exact) mass is 964 g/mol. The lowest BCUT2D eigenvalue weighted by Gasteiger charge is -2.40. The van der Waals surface area contributed by atoms with Crippen LogP contribution in [0.1, 0.15) is 290 Å². The molecule has 0 bridgehead atoms. The van der Waals surface area contributed by atoms with Crippen molar-refractivity contribution in [2.24, 2.45) is 0 Å². The Morgan fingerprint density at radius 3 is 1.21 bits per heavy atom. The molecule has 402 valence electrons. The number of nitrogens with one attached hydrogen (secondary N) is 1. The van der Waals surface area contributed by atoms with Crippen molar-refractivity contribution >= 4 is 5.91 Å². The Labute approximate surface area is 419 Å². The van der Waals surface area contributed by atoms with E-state index in [0.29, 0.717) is 6.42 Å². The van der Waals surface area contributed by atoms with Crippen LogP contribution in [0, 0.1) is 0 Å². The lowest BCUT2D eigenvalue weighted by atomic mass is 9.99. The van der Waals surface area contributed by atoms with Gasteiger partial charge in [-0.3, -0.25) is 4.79 Å². The lowest BCUT2D eigenvalue weighted by Crippen LogP contribution is -2.60. The van der Waals surface area contributed by atoms with Gasteiger partial charge in [-0.2, -0.15) is 0 Å². The third kappa shape index (κ3) is 38.4. The maximum absolute atomic E-state index is 12.9. The number of hydrogen-bond acceptors (Lipinski definition) is 8. The van der Waals surface area contributed by atoms with Gasteiger partial charge in [-0.05, 0) is 44.9 Å². The van der Waals surface area contributed by atoms with Crippen molar-refractivity contribution in [2.45, 2.75) is 333 Å². The van der Waals surface area contributed by atoms with E-state index in [9.17, 15) is 30.3 Å². The summed E-state index contributed by atoms with van der Waals surface area (Å²) in [5.41, 5.74) is 0. The van der Waals surface area contributed by atoms with E-state index in [0.717, 1.165) is 44.9 Å². The zero-order valence-electron chi connectivity index (χ0n) is 44.6. The molecule has 0 spiro atoms. The van der Waals surface area contributed by atoms with Gasteiger partial charge >= 0.3 is 0 Å². The van der Waals surface area contributed by atoms with E-state index < -0.39 is 49.5 Å². The summed E-state index contributed by atoms with van der Waals surface area (Å²) >= 11 is 0. The molecular formula is C59H113NO8. The molecule has 0 aromatic carbocycles. The van der Waals surface area contributed by atoms with Gasteiger partial charge in [0.15, 0.2) is 6.29 Å². The Morgan fingerprint density at radius 2 is 0.824 bits per heavy atom. The van der Waals surface area contributed by atoms with E-state index in [1.54, 1.807) is 6.08 Å². The fraction of sp³-hybridized carbons (Fsp3) is 0.915. The van der Waals surface area contributed by atoms with Crippen LogP contribution < -0.4 is 5.32 Å². The minimum atomic E-state index is -1.56. The Balaban J connectivity index is 1.93. The summed E-state index contributed by atoms with van der Waals surface area (Å²) in [5, 5.41) is 53.9. The molecule has 1 aliphatic rings. The van der Waals surface area contributed by atoms with Gasteiger partial charge in [0.05, 0.1) is 25.4 Å². The second-order valence-corrected chi connectivity index (χ2v) is 20.8. The third-order valence-corrected chi connectivity index (χ3v) is 14.3. The molecule has 1 amide bonds. The van der Waals surface area contributed by atoms with Crippen LogP contribution in [0.4, 0.5) is 0 Å². The number of carbonyl (C=O) groups excluding carboxylic acids is 1. The first-order chi connectivity index (χ1) is 33.3. The molecule has 1 saturated heterocycles. The molecule has 0 radical (unpaired) electrons. The van der Waals surface area contributed by atoms with Crippen molar-refractivity contribution in [3.63, 3.8) is 0 Å². The molecule has 1 aliphatic heterocycles. The number of carbonyl (C=O) groups is 1. The molecule has 9 heteroatoms. The predicted molar refractivity (Wildman–Crippen MR) is 286 cm³/mol. The third-order valence-electron chi connectivity index (χ3n) is 14.3. The Hall–Kier alpha value is -1.33. The van der Waals surface area contributed by atoms with Crippen LogP contribution in [0.25, 0.3) is 0 Å². The average molecular weight is 965 g/mol. The highest BCUT2D eigenvalue weighted by Gasteiger charge is 2.44. The first-order valence-electron chi connectivity index (χ1n) is 29.6. The molecule has 68 heavy (non-hydrogen) atoms. The van der Waals surface area contributed by atoms with Crippen LogP contribution in [0.15, 0.2) is 24.3 Å². The predicted octanol–water partition coefficient (Wildman–Crippen LogP) is 14.6. The molecule has 1 heterocycles. The highest BCUT2D eigenvalue weighted by Crippen LogP contribution is 2.23. The van der Waals surface area contributed by atoms with Gasteiger partial charge in [-0.1, -0.05) is 263 Å². The summed E-state index contributed by atoms with van der Waals surface area (Å²) in [6.07, 6.45) is 56.2. The van der Waals surface area contributed by atoms with Gasteiger partial charge in [0.1, 0.15) is 24.4 Å².